The minimum atomic E-state index is 0.0127. The first-order valence-electron chi connectivity index (χ1n) is 7.20. The molecule has 3 heteroatoms. The maximum absolute atomic E-state index is 12.5. The monoisotopic (exact) mass is 258 g/mol. The predicted octanol–water partition coefficient (Wildman–Crippen LogP) is 2.62. The molecule has 3 rings (SSSR count). The summed E-state index contributed by atoms with van der Waals surface area (Å²) in [5.74, 6) is 1.21. The molecule has 1 aromatic rings. The summed E-state index contributed by atoms with van der Waals surface area (Å²) in [5.41, 5.74) is 9.51. The Morgan fingerprint density at radius 1 is 1.26 bits per heavy atom. The lowest BCUT2D eigenvalue weighted by molar-refractivity contribution is -0.121. The molecule has 1 amide bonds. The average molecular weight is 258 g/mol. The minimum absolute atomic E-state index is 0.0127. The SMILES string of the molecule is Cc1cccc(NC(=O)C2C3CCC(C3)C2N)c1C. The Hall–Kier alpha value is -1.35. The summed E-state index contributed by atoms with van der Waals surface area (Å²) >= 11 is 0. The van der Waals surface area contributed by atoms with E-state index in [1.165, 1.54) is 18.4 Å². The van der Waals surface area contributed by atoms with E-state index in [9.17, 15) is 4.79 Å². The fourth-order valence-corrected chi connectivity index (χ4v) is 3.83. The molecule has 2 aliphatic rings. The van der Waals surface area contributed by atoms with Crippen LogP contribution in [-0.4, -0.2) is 11.9 Å². The summed E-state index contributed by atoms with van der Waals surface area (Å²) in [6.07, 6.45) is 3.52. The van der Waals surface area contributed by atoms with Gasteiger partial charge in [-0.1, -0.05) is 12.1 Å². The molecule has 2 bridgehead atoms. The van der Waals surface area contributed by atoms with Crippen molar-refractivity contribution < 1.29 is 4.79 Å². The van der Waals surface area contributed by atoms with Crippen molar-refractivity contribution in [2.24, 2.45) is 23.5 Å². The van der Waals surface area contributed by atoms with Crippen LogP contribution in [0.1, 0.15) is 30.4 Å². The van der Waals surface area contributed by atoms with Crippen LogP contribution in [0.25, 0.3) is 0 Å². The molecule has 4 unspecified atom stereocenters. The molecular formula is C16H22N2O. The second-order valence-electron chi connectivity index (χ2n) is 6.17. The lowest BCUT2D eigenvalue weighted by Gasteiger charge is -2.27. The largest absolute Gasteiger partial charge is 0.327 e. The number of anilines is 1. The number of nitrogens with one attached hydrogen (secondary N) is 1. The standard InChI is InChI=1S/C16H22N2O/c1-9-4-3-5-13(10(9)2)18-16(19)14-11-6-7-12(8-11)15(14)17/h3-5,11-12,14-15H,6-8,17H2,1-2H3,(H,18,19). The van der Waals surface area contributed by atoms with Gasteiger partial charge in [0.05, 0.1) is 5.92 Å². The van der Waals surface area contributed by atoms with Crippen molar-refractivity contribution in [2.45, 2.75) is 39.2 Å². The third-order valence-corrected chi connectivity index (χ3v) is 5.15. The third kappa shape index (κ3) is 2.06. The second-order valence-corrected chi connectivity index (χ2v) is 6.17. The second kappa shape index (κ2) is 4.64. The van der Waals surface area contributed by atoms with Crippen LogP contribution in [0, 0.1) is 31.6 Å². The Kier molecular flexibility index (Phi) is 3.09. The molecule has 2 fully saturated rings. The first-order chi connectivity index (χ1) is 9.08. The molecule has 3 N–H and O–H groups in total. The van der Waals surface area contributed by atoms with Gasteiger partial charge in [0.1, 0.15) is 0 Å². The summed E-state index contributed by atoms with van der Waals surface area (Å²) in [4.78, 5) is 12.5. The molecule has 0 aliphatic heterocycles. The van der Waals surface area contributed by atoms with Crippen molar-refractivity contribution in [3.8, 4) is 0 Å². The van der Waals surface area contributed by atoms with E-state index in [1.54, 1.807) is 0 Å². The Balaban J connectivity index is 1.77. The van der Waals surface area contributed by atoms with Gasteiger partial charge in [0, 0.05) is 11.7 Å². The van der Waals surface area contributed by atoms with Gasteiger partial charge in [-0.05, 0) is 62.1 Å². The van der Waals surface area contributed by atoms with Gasteiger partial charge in [-0.2, -0.15) is 0 Å². The number of amides is 1. The summed E-state index contributed by atoms with van der Waals surface area (Å²) in [7, 11) is 0. The van der Waals surface area contributed by atoms with E-state index >= 15 is 0 Å². The summed E-state index contributed by atoms with van der Waals surface area (Å²) in [6, 6.07) is 6.08. The lowest BCUT2D eigenvalue weighted by Crippen LogP contribution is -2.42. The number of aryl methyl sites for hydroxylation is 1. The molecule has 1 aromatic carbocycles. The van der Waals surface area contributed by atoms with Crippen molar-refractivity contribution in [1.29, 1.82) is 0 Å². The number of fused-ring (bicyclic) bond motifs is 2. The van der Waals surface area contributed by atoms with E-state index < -0.39 is 0 Å². The van der Waals surface area contributed by atoms with Crippen LogP contribution in [-0.2, 0) is 4.79 Å². The van der Waals surface area contributed by atoms with E-state index in [2.05, 4.69) is 18.3 Å². The van der Waals surface area contributed by atoms with Gasteiger partial charge in [-0.25, -0.2) is 0 Å². The van der Waals surface area contributed by atoms with E-state index in [4.69, 9.17) is 5.73 Å². The van der Waals surface area contributed by atoms with Crippen LogP contribution in [0.15, 0.2) is 18.2 Å². The molecule has 0 aromatic heterocycles. The van der Waals surface area contributed by atoms with Gasteiger partial charge < -0.3 is 11.1 Å². The molecule has 2 aliphatic carbocycles. The molecule has 0 heterocycles. The minimum Gasteiger partial charge on any atom is -0.327 e. The number of rotatable bonds is 2. The van der Waals surface area contributed by atoms with E-state index in [1.807, 2.05) is 19.1 Å². The number of carbonyl (C=O) groups excluding carboxylic acids is 1. The van der Waals surface area contributed by atoms with Crippen LogP contribution >= 0.6 is 0 Å². The van der Waals surface area contributed by atoms with Gasteiger partial charge >= 0.3 is 0 Å². The molecule has 19 heavy (non-hydrogen) atoms. The molecular weight excluding hydrogens is 236 g/mol. The molecule has 102 valence electrons. The van der Waals surface area contributed by atoms with Crippen LogP contribution in [0.4, 0.5) is 5.69 Å². The van der Waals surface area contributed by atoms with Gasteiger partial charge in [-0.15, -0.1) is 0 Å². The molecule has 0 spiro atoms. The number of nitrogens with two attached hydrogens (primary N) is 1. The first kappa shape index (κ1) is 12.7. The number of benzene rings is 1. The van der Waals surface area contributed by atoms with Crippen molar-refractivity contribution >= 4 is 11.6 Å². The lowest BCUT2D eigenvalue weighted by atomic mass is 9.84. The van der Waals surface area contributed by atoms with Gasteiger partial charge in [0.25, 0.3) is 0 Å². The smallest absolute Gasteiger partial charge is 0.229 e. The Bertz CT molecular complexity index is 509. The Morgan fingerprint density at radius 2 is 2.00 bits per heavy atom. The van der Waals surface area contributed by atoms with Crippen LogP contribution in [0.5, 0.6) is 0 Å². The maximum Gasteiger partial charge on any atom is 0.229 e. The molecule has 0 saturated heterocycles. The highest BCUT2D eigenvalue weighted by molar-refractivity contribution is 5.94. The van der Waals surface area contributed by atoms with Gasteiger partial charge in [-0.3, -0.25) is 4.79 Å². The van der Waals surface area contributed by atoms with E-state index in [-0.39, 0.29) is 17.9 Å². The average Bonchev–Trinajstić information content (AvgIpc) is 2.95. The number of carbonyl (C=O) groups is 1. The third-order valence-electron chi connectivity index (χ3n) is 5.15. The number of hydrogen-bond donors (Lipinski definition) is 2. The topological polar surface area (TPSA) is 55.1 Å². The Morgan fingerprint density at radius 3 is 2.68 bits per heavy atom. The van der Waals surface area contributed by atoms with Gasteiger partial charge in [0.15, 0.2) is 0 Å². The Labute approximate surface area is 114 Å². The predicted molar refractivity (Wildman–Crippen MR) is 76.8 cm³/mol. The zero-order chi connectivity index (χ0) is 13.6. The molecule has 0 radical (unpaired) electrons. The normalized spacial score (nSPS) is 32.6. The summed E-state index contributed by atoms with van der Waals surface area (Å²) in [6.45, 7) is 4.11. The van der Waals surface area contributed by atoms with Crippen molar-refractivity contribution in [1.82, 2.24) is 0 Å². The highest BCUT2D eigenvalue weighted by atomic mass is 16.2. The van der Waals surface area contributed by atoms with Crippen molar-refractivity contribution in [3.63, 3.8) is 0 Å². The highest BCUT2D eigenvalue weighted by Crippen LogP contribution is 2.47. The zero-order valence-corrected chi connectivity index (χ0v) is 11.6. The van der Waals surface area contributed by atoms with E-state index in [0.717, 1.165) is 17.7 Å². The van der Waals surface area contributed by atoms with Crippen molar-refractivity contribution in [2.75, 3.05) is 5.32 Å². The van der Waals surface area contributed by atoms with E-state index in [0.29, 0.717) is 11.8 Å². The molecule has 4 atom stereocenters. The quantitative estimate of drug-likeness (QED) is 0.856. The van der Waals surface area contributed by atoms with Gasteiger partial charge in [0.2, 0.25) is 5.91 Å². The zero-order valence-electron chi connectivity index (χ0n) is 11.6. The summed E-state index contributed by atoms with van der Waals surface area (Å²) in [5, 5.41) is 3.09. The van der Waals surface area contributed by atoms with Crippen LogP contribution < -0.4 is 11.1 Å². The van der Waals surface area contributed by atoms with Crippen LogP contribution in [0.2, 0.25) is 0 Å². The highest BCUT2D eigenvalue weighted by Gasteiger charge is 2.49. The van der Waals surface area contributed by atoms with Crippen LogP contribution in [0.3, 0.4) is 0 Å². The first-order valence-corrected chi connectivity index (χ1v) is 7.20. The molecule has 3 nitrogen and oxygen atoms in total. The molecule has 2 saturated carbocycles. The fraction of sp³-hybridized carbons (Fsp3) is 0.562. The van der Waals surface area contributed by atoms with Crippen molar-refractivity contribution in [3.05, 3.63) is 29.3 Å². The fourth-order valence-electron chi connectivity index (χ4n) is 3.83. The summed E-state index contributed by atoms with van der Waals surface area (Å²) < 4.78 is 0. The maximum atomic E-state index is 12.5. The number of hydrogen-bond acceptors (Lipinski definition) is 2.